The summed E-state index contributed by atoms with van der Waals surface area (Å²) in [4.78, 5) is 12.8. The molecule has 1 aliphatic heterocycles. The molecule has 0 radical (unpaired) electrons. The van der Waals surface area contributed by atoms with Gasteiger partial charge in [0.25, 0.3) is 0 Å². The maximum absolute atomic E-state index is 12.8. The lowest BCUT2D eigenvalue weighted by atomic mass is 9.99. The summed E-state index contributed by atoms with van der Waals surface area (Å²) in [5.74, 6) is -0.182. The molecule has 0 aromatic carbocycles. The molecule has 3 unspecified atom stereocenters. The fourth-order valence-corrected chi connectivity index (χ4v) is 5.80. The molecular formula is C36H69NO8. The summed E-state index contributed by atoms with van der Waals surface area (Å²) in [6.45, 7) is 3.71. The molecule has 1 rings (SSSR count). The highest BCUT2D eigenvalue weighted by molar-refractivity contribution is 5.76. The number of carbonyl (C=O) groups is 1. The molecule has 1 amide bonds. The van der Waals surface area contributed by atoms with Gasteiger partial charge in [0, 0.05) is 6.42 Å². The van der Waals surface area contributed by atoms with Crippen LogP contribution in [0.2, 0.25) is 0 Å². The van der Waals surface area contributed by atoms with Crippen molar-refractivity contribution in [3.05, 3.63) is 12.2 Å². The van der Waals surface area contributed by atoms with E-state index in [1.807, 2.05) is 6.08 Å². The Hall–Kier alpha value is -1.07. The number of aliphatic hydroxyl groups excluding tert-OH is 5. The van der Waals surface area contributed by atoms with Crippen LogP contribution in [0.5, 0.6) is 0 Å². The maximum Gasteiger partial charge on any atom is 0.220 e. The molecule has 45 heavy (non-hydrogen) atoms. The van der Waals surface area contributed by atoms with Crippen molar-refractivity contribution in [2.45, 2.75) is 198 Å². The highest BCUT2D eigenvalue weighted by Crippen LogP contribution is 2.22. The third-order valence-electron chi connectivity index (χ3n) is 8.86. The fraction of sp³-hybridized carbons (Fsp3) is 0.917. The number of ether oxygens (including phenoxy) is 2. The zero-order valence-electron chi connectivity index (χ0n) is 28.6. The summed E-state index contributed by atoms with van der Waals surface area (Å²) in [6.07, 6.45) is 21.1. The van der Waals surface area contributed by atoms with Crippen LogP contribution in [0.25, 0.3) is 0 Å². The lowest BCUT2D eigenvalue weighted by molar-refractivity contribution is -0.302. The van der Waals surface area contributed by atoms with Gasteiger partial charge in [0.05, 0.1) is 25.4 Å². The van der Waals surface area contributed by atoms with Crippen molar-refractivity contribution >= 4 is 5.91 Å². The standard InChI is InChI=1S/C36H69NO8/c1-3-5-7-9-11-13-14-15-16-18-19-21-23-25-30(39)29(28-44-36-35(43)34(42)33(41)31(27-38)45-36)37-32(40)26-24-22-20-17-12-10-8-6-4-2/h23,25,29-31,33-36,38-39,41-43H,3-22,24,26-28H2,1-2H3,(H,37,40)/t29?,30?,31-,33-,34+,35-,36?/m1/s1. The SMILES string of the molecule is CCCCCCCCCCCCCC=CC(O)C(COC1O[C@H](CO)[C@@H](O)[C@H](O)[C@H]1O)NC(=O)CCCCCCCCCCC. The lowest BCUT2D eigenvalue weighted by Crippen LogP contribution is -2.60. The fourth-order valence-electron chi connectivity index (χ4n) is 5.80. The maximum atomic E-state index is 12.8. The number of aliphatic hydroxyl groups is 5. The van der Waals surface area contributed by atoms with E-state index < -0.39 is 49.5 Å². The zero-order valence-corrected chi connectivity index (χ0v) is 28.6. The third kappa shape index (κ3) is 20.0. The molecular weight excluding hydrogens is 574 g/mol. The summed E-state index contributed by atoms with van der Waals surface area (Å²) in [7, 11) is 0. The van der Waals surface area contributed by atoms with Gasteiger partial charge in [0.2, 0.25) is 5.91 Å². The van der Waals surface area contributed by atoms with E-state index in [0.29, 0.717) is 6.42 Å². The minimum Gasteiger partial charge on any atom is -0.394 e. The molecule has 9 nitrogen and oxygen atoms in total. The minimum absolute atomic E-state index is 0.182. The molecule has 6 N–H and O–H groups in total. The smallest absolute Gasteiger partial charge is 0.220 e. The Morgan fingerprint density at radius 1 is 0.733 bits per heavy atom. The van der Waals surface area contributed by atoms with Crippen molar-refractivity contribution in [2.75, 3.05) is 13.2 Å². The van der Waals surface area contributed by atoms with Gasteiger partial charge >= 0.3 is 0 Å². The molecule has 1 fully saturated rings. The van der Waals surface area contributed by atoms with E-state index in [0.717, 1.165) is 38.5 Å². The number of hydrogen-bond acceptors (Lipinski definition) is 8. The van der Waals surface area contributed by atoms with Gasteiger partial charge in [-0.05, 0) is 19.3 Å². The van der Waals surface area contributed by atoms with Crippen molar-refractivity contribution < 1.29 is 39.8 Å². The summed E-state index contributed by atoms with van der Waals surface area (Å²) in [5.41, 5.74) is 0. The normalized spacial score (nSPS) is 23.4. The highest BCUT2D eigenvalue weighted by Gasteiger charge is 2.44. The molecule has 1 heterocycles. The van der Waals surface area contributed by atoms with Crippen LogP contribution < -0.4 is 5.32 Å². The highest BCUT2D eigenvalue weighted by atomic mass is 16.7. The van der Waals surface area contributed by atoms with Crippen molar-refractivity contribution in [3.8, 4) is 0 Å². The molecule has 0 bridgehead atoms. The molecule has 1 saturated heterocycles. The van der Waals surface area contributed by atoms with E-state index in [1.54, 1.807) is 6.08 Å². The molecule has 0 spiro atoms. The van der Waals surface area contributed by atoms with Gasteiger partial charge in [0.15, 0.2) is 6.29 Å². The van der Waals surface area contributed by atoms with E-state index in [1.165, 1.54) is 96.3 Å². The van der Waals surface area contributed by atoms with E-state index in [4.69, 9.17) is 9.47 Å². The second-order valence-corrected chi connectivity index (χ2v) is 13.0. The summed E-state index contributed by atoms with van der Waals surface area (Å²) in [5, 5.41) is 53.7. The molecule has 0 aliphatic carbocycles. The molecule has 7 atom stereocenters. The quantitative estimate of drug-likeness (QED) is 0.0441. The average Bonchev–Trinajstić information content (AvgIpc) is 3.04. The Bertz CT molecular complexity index is 721. The second-order valence-electron chi connectivity index (χ2n) is 13.0. The zero-order chi connectivity index (χ0) is 33.1. The summed E-state index contributed by atoms with van der Waals surface area (Å²) >= 11 is 0. The Morgan fingerprint density at radius 2 is 1.22 bits per heavy atom. The van der Waals surface area contributed by atoms with Crippen LogP contribution in [-0.4, -0.2) is 87.5 Å². The Labute approximate surface area is 274 Å². The topological polar surface area (TPSA) is 149 Å². The van der Waals surface area contributed by atoms with E-state index >= 15 is 0 Å². The van der Waals surface area contributed by atoms with Gasteiger partial charge in [-0.3, -0.25) is 4.79 Å². The monoisotopic (exact) mass is 644 g/mol. The molecule has 266 valence electrons. The minimum atomic E-state index is -1.56. The van der Waals surface area contributed by atoms with Crippen molar-refractivity contribution in [1.82, 2.24) is 5.32 Å². The van der Waals surface area contributed by atoms with Gasteiger partial charge in [-0.2, -0.15) is 0 Å². The lowest BCUT2D eigenvalue weighted by Gasteiger charge is -2.40. The van der Waals surface area contributed by atoms with Crippen LogP contribution in [-0.2, 0) is 14.3 Å². The van der Waals surface area contributed by atoms with Crippen molar-refractivity contribution in [3.63, 3.8) is 0 Å². The van der Waals surface area contributed by atoms with Gasteiger partial charge in [0.1, 0.15) is 24.4 Å². The Kier molecular flexibility index (Phi) is 26.1. The van der Waals surface area contributed by atoms with E-state index in [2.05, 4.69) is 19.2 Å². The van der Waals surface area contributed by atoms with Crippen LogP contribution in [0, 0.1) is 0 Å². The first-order valence-electron chi connectivity index (χ1n) is 18.4. The van der Waals surface area contributed by atoms with Gasteiger partial charge in [-0.1, -0.05) is 142 Å². The van der Waals surface area contributed by atoms with Crippen molar-refractivity contribution in [1.29, 1.82) is 0 Å². The second kappa shape index (κ2) is 28.0. The van der Waals surface area contributed by atoms with E-state index in [9.17, 15) is 30.3 Å². The number of amides is 1. The van der Waals surface area contributed by atoms with Crippen LogP contribution in [0.4, 0.5) is 0 Å². The Balaban J connectivity index is 2.49. The first-order chi connectivity index (χ1) is 21.8. The summed E-state index contributed by atoms with van der Waals surface area (Å²) in [6, 6.07) is -0.794. The predicted octanol–water partition coefficient (Wildman–Crippen LogP) is 5.83. The average molecular weight is 644 g/mol. The first kappa shape index (κ1) is 42.0. The van der Waals surface area contributed by atoms with Crippen LogP contribution in [0.15, 0.2) is 12.2 Å². The van der Waals surface area contributed by atoms with Crippen LogP contribution in [0.1, 0.15) is 155 Å². The number of allylic oxidation sites excluding steroid dienone is 1. The Morgan fingerprint density at radius 3 is 1.73 bits per heavy atom. The number of hydrogen-bond donors (Lipinski definition) is 6. The predicted molar refractivity (Wildman–Crippen MR) is 180 cm³/mol. The van der Waals surface area contributed by atoms with Crippen molar-refractivity contribution in [2.24, 2.45) is 0 Å². The molecule has 9 heteroatoms. The molecule has 0 saturated carbocycles. The van der Waals surface area contributed by atoms with Gasteiger partial charge < -0.3 is 40.3 Å². The largest absolute Gasteiger partial charge is 0.394 e. The van der Waals surface area contributed by atoms with E-state index in [-0.39, 0.29) is 12.5 Å². The van der Waals surface area contributed by atoms with Crippen LogP contribution >= 0.6 is 0 Å². The molecule has 0 aromatic rings. The first-order valence-corrected chi connectivity index (χ1v) is 18.4. The number of rotatable bonds is 29. The summed E-state index contributed by atoms with van der Waals surface area (Å²) < 4.78 is 11.1. The van der Waals surface area contributed by atoms with Gasteiger partial charge in [-0.15, -0.1) is 0 Å². The molecule has 0 aromatic heterocycles. The third-order valence-corrected chi connectivity index (χ3v) is 8.86. The number of carbonyl (C=O) groups excluding carboxylic acids is 1. The number of unbranched alkanes of at least 4 members (excludes halogenated alkanes) is 19. The number of nitrogens with one attached hydrogen (secondary N) is 1. The molecule has 1 aliphatic rings. The van der Waals surface area contributed by atoms with Crippen LogP contribution in [0.3, 0.4) is 0 Å². The van der Waals surface area contributed by atoms with Gasteiger partial charge in [-0.25, -0.2) is 0 Å².